The average molecular weight is 474 g/mol. The van der Waals surface area contributed by atoms with Gasteiger partial charge in [0, 0.05) is 33.2 Å². The fourth-order valence-corrected chi connectivity index (χ4v) is 4.31. The fourth-order valence-electron chi connectivity index (χ4n) is 3.40. The van der Waals surface area contributed by atoms with E-state index in [1.165, 1.54) is 23.9 Å². The number of nitrogens with one attached hydrogen (secondary N) is 2. The van der Waals surface area contributed by atoms with Crippen LogP contribution in [0.2, 0.25) is 0 Å². The minimum Gasteiger partial charge on any atom is -0.454 e. The molecule has 0 saturated heterocycles. The number of nitro benzene ring substituents is 1. The number of hydrogen-bond acceptors (Lipinski definition) is 7. The summed E-state index contributed by atoms with van der Waals surface area (Å²) in [4.78, 5) is 25.4. The van der Waals surface area contributed by atoms with Crippen molar-refractivity contribution in [1.29, 1.82) is 0 Å². The molecule has 3 aromatic carbocycles. The maximum absolute atomic E-state index is 12.8. The maximum atomic E-state index is 12.8. The minimum absolute atomic E-state index is 0.113. The molecule has 170 valence electrons. The topological polar surface area (TPSA) is 119 Å². The Kier molecular flexibility index (Phi) is 5.64. The van der Waals surface area contributed by atoms with Crippen molar-refractivity contribution < 1.29 is 19.2 Å². The summed E-state index contributed by atoms with van der Waals surface area (Å²) in [7, 11) is 0. The van der Waals surface area contributed by atoms with Gasteiger partial charge < -0.3 is 14.8 Å². The highest BCUT2D eigenvalue weighted by Crippen LogP contribution is 2.36. The number of amides is 1. The number of nitro groups is 1. The third-order valence-corrected chi connectivity index (χ3v) is 6.09. The number of fused-ring (bicyclic) bond motifs is 1. The van der Waals surface area contributed by atoms with Gasteiger partial charge in [0.1, 0.15) is 5.69 Å². The summed E-state index contributed by atoms with van der Waals surface area (Å²) in [5, 5.41) is 21.1. The van der Waals surface area contributed by atoms with Crippen molar-refractivity contribution in [3.63, 3.8) is 0 Å². The van der Waals surface area contributed by atoms with E-state index < -0.39 is 10.8 Å². The number of nitrogens with zero attached hydrogens (tertiary/aromatic N) is 2. The van der Waals surface area contributed by atoms with Gasteiger partial charge in [0.2, 0.25) is 6.79 Å². The molecule has 1 aromatic heterocycles. The lowest BCUT2D eigenvalue weighted by molar-refractivity contribution is -0.385. The van der Waals surface area contributed by atoms with Crippen molar-refractivity contribution in [2.75, 3.05) is 12.1 Å². The van der Waals surface area contributed by atoms with Crippen molar-refractivity contribution in [2.24, 2.45) is 0 Å². The second kappa shape index (κ2) is 8.91. The van der Waals surface area contributed by atoms with Gasteiger partial charge >= 0.3 is 0 Å². The molecule has 0 fully saturated rings. The Bertz CT molecular complexity index is 1400. The van der Waals surface area contributed by atoms with E-state index in [-0.39, 0.29) is 18.2 Å². The molecule has 0 radical (unpaired) electrons. The number of hydrogen-bond donors (Lipinski definition) is 2. The highest BCUT2D eigenvalue weighted by Gasteiger charge is 2.18. The lowest BCUT2D eigenvalue weighted by Gasteiger charge is -2.07. The molecule has 0 unspecified atom stereocenters. The van der Waals surface area contributed by atoms with Gasteiger partial charge in [-0.15, -0.1) is 0 Å². The van der Waals surface area contributed by atoms with Gasteiger partial charge in [-0.1, -0.05) is 29.5 Å². The standard InChI is InChI=1S/C24H18N4O5S/c1-14-2-5-18(6-3-14)34-19-10-16(9-17(11-19)28(30)31)25-24(29)21-12-20(26-27-21)15-4-7-22-23(8-15)33-13-32-22/h2-12H,13H2,1H3,(H,25,29)(H,26,27). The van der Waals surface area contributed by atoms with Gasteiger partial charge in [0.05, 0.1) is 10.6 Å². The smallest absolute Gasteiger partial charge is 0.273 e. The molecule has 4 aromatic rings. The molecular weight excluding hydrogens is 456 g/mol. The van der Waals surface area contributed by atoms with Crippen LogP contribution in [0, 0.1) is 17.0 Å². The first-order chi connectivity index (χ1) is 16.4. The van der Waals surface area contributed by atoms with E-state index >= 15 is 0 Å². The number of carbonyl (C=O) groups is 1. The molecule has 0 bridgehead atoms. The Morgan fingerprint density at radius 1 is 1.03 bits per heavy atom. The number of H-pyrrole nitrogens is 1. The lowest BCUT2D eigenvalue weighted by Crippen LogP contribution is -2.12. The molecule has 5 rings (SSSR count). The molecule has 2 N–H and O–H groups in total. The molecule has 0 spiro atoms. The molecule has 34 heavy (non-hydrogen) atoms. The molecule has 1 aliphatic heterocycles. The molecule has 2 heterocycles. The highest BCUT2D eigenvalue weighted by molar-refractivity contribution is 7.99. The summed E-state index contributed by atoms with van der Waals surface area (Å²) >= 11 is 1.38. The third kappa shape index (κ3) is 4.57. The van der Waals surface area contributed by atoms with Crippen LogP contribution < -0.4 is 14.8 Å². The quantitative estimate of drug-likeness (QED) is 0.283. The second-order valence-electron chi connectivity index (χ2n) is 7.58. The summed E-state index contributed by atoms with van der Waals surface area (Å²) in [6, 6.07) is 19.3. The van der Waals surface area contributed by atoms with Gasteiger partial charge in [-0.2, -0.15) is 5.10 Å². The predicted molar refractivity (Wildman–Crippen MR) is 126 cm³/mol. The Hall–Kier alpha value is -4.31. The molecular formula is C24H18N4O5S. The SMILES string of the molecule is Cc1ccc(Sc2cc(NC(=O)c3cc(-c4ccc5c(c4)OCO5)n[nH]3)cc([N+](=O)[O-])c2)cc1. The van der Waals surface area contributed by atoms with Crippen molar-refractivity contribution >= 4 is 29.0 Å². The maximum Gasteiger partial charge on any atom is 0.273 e. The van der Waals surface area contributed by atoms with Crippen LogP contribution in [-0.4, -0.2) is 27.8 Å². The molecule has 10 heteroatoms. The number of carbonyl (C=O) groups excluding carboxylic acids is 1. The van der Waals surface area contributed by atoms with Crippen LogP contribution in [0.4, 0.5) is 11.4 Å². The summed E-state index contributed by atoms with van der Waals surface area (Å²) in [6.45, 7) is 2.16. The van der Waals surface area contributed by atoms with Crippen LogP contribution >= 0.6 is 11.8 Å². The Morgan fingerprint density at radius 2 is 1.82 bits per heavy atom. The number of aryl methyl sites for hydroxylation is 1. The zero-order valence-electron chi connectivity index (χ0n) is 17.9. The van der Waals surface area contributed by atoms with E-state index in [9.17, 15) is 14.9 Å². The van der Waals surface area contributed by atoms with E-state index in [0.717, 1.165) is 16.0 Å². The summed E-state index contributed by atoms with van der Waals surface area (Å²) in [5.74, 6) is 0.801. The van der Waals surface area contributed by atoms with Gasteiger partial charge in [-0.3, -0.25) is 20.0 Å². The summed E-state index contributed by atoms with van der Waals surface area (Å²) < 4.78 is 10.7. The predicted octanol–water partition coefficient (Wildman–Crippen LogP) is 5.43. The van der Waals surface area contributed by atoms with E-state index in [4.69, 9.17) is 9.47 Å². The summed E-state index contributed by atoms with van der Waals surface area (Å²) in [6.07, 6.45) is 0. The number of aromatic nitrogens is 2. The Morgan fingerprint density at radius 3 is 2.62 bits per heavy atom. The first kappa shape index (κ1) is 21.5. The normalized spacial score (nSPS) is 11.9. The molecule has 9 nitrogen and oxygen atoms in total. The van der Waals surface area contributed by atoms with Crippen LogP contribution in [0.25, 0.3) is 11.3 Å². The van der Waals surface area contributed by atoms with Crippen LogP contribution in [0.1, 0.15) is 16.1 Å². The zero-order valence-corrected chi connectivity index (χ0v) is 18.7. The second-order valence-corrected chi connectivity index (χ2v) is 8.72. The molecule has 1 aliphatic rings. The monoisotopic (exact) mass is 474 g/mol. The van der Waals surface area contributed by atoms with Crippen molar-refractivity contribution in [3.05, 3.63) is 88.1 Å². The van der Waals surface area contributed by atoms with Crippen molar-refractivity contribution in [3.8, 4) is 22.8 Å². The Balaban J connectivity index is 1.36. The third-order valence-electron chi connectivity index (χ3n) is 5.11. The van der Waals surface area contributed by atoms with E-state index in [0.29, 0.717) is 27.8 Å². The summed E-state index contributed by atoms with van der Waals surface area (Å²) in [5.41, 5.74) is 2.85. The zero-order chi connectivity index (χ0) is 23.7. The van der Waals surface area contributed by atoms with E-state index in [1.807, 2.05) is 37.3 Å². The van der Waals surface area contributed by atoms with Crippen LogP contribution in [0.15, 0.2) is 76.5 Å². The van der Waals surface area contributed by atoms with Crippen molar-refractivity contribution in [1.82, 2.24) is 10.2 Å². The van der Waals surface area contributed by atoms with Crippen LogP contribution in [0.3, 0.4) is 0 Å². The Labute approximate surface area is 198 Å². The first-order valence-electron chi connectivity index (χ1n) is 10.3. The van der Waals surface area contributed by atoms with Gasteiger partial charge in [-0.25, -0.2) is 0 Å². The fraction of sp³-hybridized carbons (Fsp3) is 0.0833. The number of aromatic amines is 1. The van der Waals surface area contributed by atoms with Crippen LogP contribution in [-0.2, 0) is 0 Å². The average Bonchev–Trinajstić information content (AvgIpc) is 3.50. The largest absolute Gasteiger partial charge is 0.454 e. The number of benzene rings is 3. The number of anilines is 1. The van der Waals surface area contributed by atoms with Gasteiger partial charge in [0.25, 0.3) is 11.6 Å². The van der Waals surface area contributed by atoms with Crippen molar-refractivity contribution in [2.45, 2.75) is 16.7 Å². The molecule has 1 amide bonds. The number of rotatable bonds is 6. The number of ether oxygens (including phenoxy) is 2. The minimum atomic E-state index is -0.483. The van der Waals surface area contributed by atoms with Gasteiger partial charge in [-0.05, 0) is 49.4 Å². The van der Waals surface area contributed by atoms with E-state index in [2.05, 4.69) is 15.5 Å². The highest BCUT2D eigenvalue weighted by atomic mass is 32.2. The van der Waals surface area contributed by atoms with Gasteiger partial charge in [0.15, 0.2) is 11.5 Å². The number of non-ortho nitro benzene ring substituents is 1. The molecule has 0 aliphatic carbocycles. The molecule has 0 saturated carbocycles. The molecule has 0 atom stereocenters. The van der Waals surface area contributed by atoms with E-state index in [1.54, 1.807) is 24.3 Å². The first-order valence-corrected chi connectivity index (χ1v) is 11.1. The lowest BCUT2D eigenvalue weighted by atomic mass is 10.1. The van der Waals surface area contributed by atoms with Crippen LogP contribution in [0.5, 0.6) is 11.5 Å².